The van der Waals surface area contributed by atoms with Crippen molar-refractivity contribution in [3.05, 3.63) is 95.9 Å². The molecule has 0 spiro atoms. The Morgan fingerprint density at radius 2 is 1.73 bits per heavy atom. The second-order valence-electron chi connectivity index (χ2n) is 5.97. The predicted molar refractivity (Wildman–Crippen MR) is 98.4 cm³/mol. The maximum Gasteiger partial charge on any atom is 0.226 e. The Labute approximate surface area is 150 Å². The van der Waals surface area contributed by atoms with Crippen molar-refractivity contribution in [1.82, 2.24) is 15.5 Å². The highest BCUT2D eigenvalue weighted by Crippen LogP contribution is 2.21. The first-order valence-corrected chi connectivity index (χ1v) is 8.40. The van der Waals surface area contributed by atoms with E-state index in [2.05, 4.69) is 15.5 Å². The van der Waals surface area contributed by atoms with Gasteiger partial charge in [0.05, 0.1) is 18.2 Å². The van der Waals surface area contributed by atoms with Crippen molar-refractivity contribution in [3.63, 3.8) is 0 Å². The lowest BCUT2D eigenvalue weighted by atomic mass is 10.0. The number of amides is 1. The summed E-state index contributed by atoms with van der Waals surface area (Å²) >= 11 is 0. The molecule has 0 bridgehead atoms. The van der Waals surface area contributed by atoms with Crippen LogP contribution in [0.4, 0.5) is 0 Å². The van der Waals surface area contributed by atoms with Crippen LogP contribution >= 0.6 is 0 Å². The van der Waals surface area contributed by atoms with Gasteiger partial charge in [-0.3, -0.25) is 9.78 Å². The number of fused-ring (bicyclic) bond motifs is 1. The van der Waals surface area contributed by atoms with Gasteiger partial charge in [-0.25, -0.2) is 0 Å². The first kappa shape index (κ1) is 16.0. The topological polar surface area (TPSA) is 68.0 Å². The molecule has 0 saturated carbocycles. The second kappa shape index (κ2) is 7.19. The summed E-state index contributed by atoms with van der Waals surface area (Å²) < 4.78 is 5.28. The normalized spacial score (nSPS) is 12.0. The van der Waals surface area contributed by atoms with Gasteiger partial charge >= 0.3 is 0 Å². The molecule has 1 atom stereocenters. The molecule has 0 unspecified atom stereocenters. The molecule has 2 heterocycles. The summed E-state index contributed by atoms with van der Waals surface area (Å²) in [6.07, 6.45) is 1.87. The highest BCUT2D eigenvalue weighted by atomic mass is 16.5. The zero-order valence-electron chi connectivity index (χ0n) is 14.0. The van der Waals surface area contributed by atoms with Crippen LogP contribution in [-0.4, -0.2) is 16.0 Å². The molecule has 2 aromatic heterocycles. The summed E-state index contributed by atoms with van der Waals surface area (Å²) in [5.41, 5.74) is 3.08. The van der Waals surface area contributed by atoms with E-state index in [9.17, 15) is 4.79 Å². The fraction of sp³-hybridized carbons (Fsp3) is 0.0952. The minimum Gasteiger partial charge on any atom is -0.356 e. The Kier molecular flexibility index (Phi) is 4.43. The Bertz CT molecular complexity index is 974. The standard InChI is InChI=1S/C21H17N3O2/c25-20(14-18-16-10-4-5-12-19(16)26-24-18)23-21(15-8-2-1-3-9-15)17-11-6-7-13-22-17/h1-13,21H,14H2,(H,23,25)/t21-/m0/s1. The first-order chi connectivity index (χ1) is 12.8. The Hall–Kier alpha value is -3.47. The van der Waals surface area contributed by atoms with Crippen LogP contribution in [-0.2, 0) is 11.2 Å². The number of carbonyl (C=O) groups is 1. The van der Waals surface area contributed by atoms with Gasteiger partial charge in [0.1, 0.15) is 5.69 Å². The van der Waals surface area contributed by atoms with Gasteiger partial charge in [0, 0.05) is 11.6 Å². The summed E-state index contributed by atoms with van der Waals surface area (Å²) in [5.74, 6) is -0.136. The minimum atomic E-state index is -0.317. The maximum absolute atomic E-state index is 12.7. The molecule has 0 radical (unpaired) electrons. The number of para-hydroxylation sites is 1. The van der Waals surface area contributed by atoms with Gasteiger partial charge in [-0.1, -0.05) is 53.7 Å². The fourth-order valence-corrected chi connectivity index (χ4v) is 2.95. The van der Waals surface area contributed by atoms with Crippen molar-refractivity contribution in [1.29, 1.82) is 0 Å². The van der Waals surface area contributed by atoms with Gasteiger partial charge in [-0.15, -0.1) is 0 Å². The van der Waals surface area contributed by atoms with Gasteiger partial charge in [-0.05, 0) is 29.8 Å². The Morgan fingerprint density at radius 3 is 2.54 bits per heavy atom. The molecule has 0 aliphatic heterocycles. The number of pyridine rings is 1. The molecule has 2 aromatic carbocycles. The molecule has 0 aliphatic rings. The van der Waals surface area contributed by atoms with Crippen molar-refractivity contribution < 1.29 is 9.32 Å². The van der Waals surface area contributed by atoms with Crippen molar-refractivity contribution >= 4 is 16.9 Å². The molecule has 0 aliphatic carbocycles. The number of nitrogens with zero attached hydrogens (tertiary/aromatic N) is 2. The van der Waals surface area contributed by atoms with E-state index in [-0.39, 0.29) is 18.4 Å². The van der Waals surface area contributed by atoms with Gasteiger partial charge in [0.2, 0.25) is 5.91 Å². The van der Waals surface area contributed by atoms with Gasteiger partial charge in [-0.2, -0.15) is 0 Å². The molecule has 5 nitrogen and oxygen atoms in total. The summed E-state index contributed by atoms with van der Waals surface area (Å²) in [6, 6.07) is 22.7. The van der Waals surface area contributed by atoms with Crippen LogP contribution in [0, 0.1) is 0 Å². The summed E-state index contributed by atoms with van der Waals surface area (Å²) in [5, 5.41) is 7.96. The quantitative estimate of drug-likeness (QED) is 0.600. The van der Waals surface area contributed by atoms with E-state index in [1.165, 1.54) is 0 Å². The van der Waals surface area contributed by atoms with Crippen LogP contribution in [0.1, 0.15) is 23.0 Å². The van der Waals surface area contributed by atoms with E-state index in [4.69, 9.17) is 4.52 Å². The van der Waals surface area contributed by atoms with Crippen LogP contribution in [0.2, 0.25) is 0 Å². The monoisotopic (exact) mass is 343 g/mol. The predicted octanol–water partition coefficient (Wildman–Crippen LogP) is 3.67. The number of hydrogen-bond acceptors (Lipinski definition) is 4. The molecule has 4 rings (SSSR count). The molecule has 5 heteroatoms. The maximum atomic E-state index is 12.7. The van der Waals surface area contributed by atoms with Crippen LogP contribution in [0.15, 0.2) is 83.5 Å². The molecular formula is C21H17N3O2. The van der Waals surface area contributed by atoms with Crippen molar-refractivity contribution in [2.24, 2.45) is 0 Å². The van der Waals surface area contributed by atoms with E-state index in [1.807, 2.05) is 72.8 Å². The number of nitrogens with one attached hydrogen (secondary N) is 1. The molecule has 26 heavy (non-hydrogen) atoms. The number of rotatable bonds is 5. The highest BCUT2D eigenvalue weighted by molar-refractivity contribution is 5.86. The van der Waals surface area contributed by atoms with Gasteiger partial charge in [0.25, 0.3) is 0 Å². The third-order valence-corrected chi connectivity index (χ3v) is 4.20. The number of hydrogen-bond donors (Lipinski definition) is 1. The molecule has 0 fully saturated rings. The Morgan fingerprint density at radius 1 is 0.962 bits per heavy atom. The molecular weight excluding hydrogens is 326 g/mol. The van der Waals surface area contributed by atoms with Crippen LogP contribution in [0.3, 0.4) is 0 Å². The van der Waals surface area contributed by atoms with E-state index in [0.717, 1.165) is 16.6 Å². The number of carbonyl (C=O) groups excluding carboxylic acids is 1. The summed E-state index contributed by atoms with van der Waals surface area (Å²) in [6.45, 7) is 0. The zero-order valence-corrected chi connectivity index (χ0v) is 14.0. The largest absolute Gasteiger partial charge is 0.356 e. The van der Waals surface area contributed by atoms with Gasteiger partial charge in [0.15, 0.2) is 5.58 Å². The van der Waals surface area contributed by atoms with Crippen LogP contribution < -0.4 is 5.32 Å². The van der Waals surface area contributed by atoms with Crippen molar-refractivity contribution in [3.8, 4) is 0 Å². The molecule has 128 valence electrons. The lowest BCUT2D eigenvalue weighted by Crippen LogP contribution is -2.31. The average molecular weight is 343 g/mol. The SMILES string of the molecule is O=C(Cc1noc2ccccc12)N[C@@H](c1ccccc1)c1ccccn1. The Balaban J connectivity index is 1.58. The first-order valence-electron chi connectivity index (χ1n) is 8.40. The molecule has 0 saturated heterocycles. The second-order valence-corrected chi connectivity index (χ2v) is 5.97. The number of benzene rings is 2. The van der Waals surface area contributed by atoms with Crippen LogP contribution in [0.5, 0.6) is 0 Å². The van der Waals surface area contributed by atoms with E-state index in [1.54, 1.807) is 6.20 Å². The fourth-order valence-electron chi connectivity index (χ4n) is 2.95. The van der Waals surface area contributed by atoms with Crippen molar-refractivity contribution in [2.45, 2.75) is 12.5 Å². The molecule has 1 amide bonds. The highest BCUT2D eigenvalue weighted by Gasteiger charge is 2.19. The minimum absolute atomic E-state index is 0.136. The lowest BCUT2D eigenvalue weighted by Gasteiger charge is -2.18. The van der Waals surface area contributed by atoms with E-state index >= 15 is 0 Å². The zero-order chi connectivity index (χ0) is 17.8. The van der Waals surface area contributed by atoms with E-state index in [0.29, 0.717) is 11.3 Å². The van der Waals surface area contributed by atoms with E-state index < -0.39 is 0 Å². The van der Waals surface area contributed by atoms with Gasteiger partial charge < -0.3 is 9.84 Å². The third kappa shape index (κ3) is 3.32. The van der Waals surface area contributed by atoms with Crippen molar-refractivity contribution in [2.75, 3.05) is 0 Å². The molecule has 1 N–H and O–H groups in total. The third-order valence-electron chi connectivity index (χ3n) is 4.20. The lowest BCUT2D eigenvalue weighted by molar-refractivity contribution is -0.121. The number of aromatic nitrogens is 2. The average Bonchev–Trinajstić information content (AvgIpc) is 3.10. The summed E-state index contributed by atoms with van der Waals surface area (Å²) in [7, 11) is 0. The summed E-state index contributed by atoms with van der Waals surface area (Å²) in [4.78, 5) is 17.1. The molecule has 4 aromatic rings. The smallest absolute Gasteiger partial charge is 0.226 e. The van der Waals surface area contributed by atoms with Crippen LogP contribution in [0.25, 0.3) is 11.0 Å².